The van der Waals surface area contributed by atoms with Gasteiger partial charge in [-0.3, -0.25) is 0 Å². The zero-order valence-electron chi connectivity index (χ0n) is 4.58. The smallest absolute Gasteiger partial charge is 1.00 e. The van der Waals surface area contributed by atoms with Crippen molar-refractivity contribution >= 4 is 57.2 Å². The zero-order valence-corrected chi connectivity index (χ0v) is 10.7. The Morgan fingerprint density at radius 3 is 0.556 bits per heavy atom. The van der Waals surface area contributed by atoms with Crippen LogP contribution in [0.15, 0.2) is 0 Å². The molecular weight excluding hydrogens is 333 g/mol. The Balaban J connectivity index is -0.000000180. The van der Waals surface area contributed by atoms with Gasteiger partial charge in [0.05, 0.1) is 0 Å². The molecule has 0 spiro atoms. The van der Waals surface area contributed by atoms with Crippen molar-refractivity contribution in [3.63, 3.8) is 0 Å². The van der Waals surface area contributed by atoms with Gasteiger partial charge in [0.25, 0.3) is 0 Å². The molecule has 0 aliphatic rings. The number of hydrogen-bond acceptors (Lipinski definition) is 0. The van der Waals surface area contributed by atoms with Crippen LogP contribution in [-0.4, -0.2) is 0 Å². The second kappa shape index (κ2) is 3.77. The fraction of sp³-hybridized carbons (Fsp3) is 0. The third-order valence-electron chi connectivity index (χ3n) is 0. The van der Waals surface area contributed by atoms with E-state index in [0.29, 0.717) is 0 Å². The Morgan fingerprint density at radius 1 is 0.556 bits per heavy atom. The maximum absolute atomic E-state index is 5.08. The van der Waals surface area contributed by atoms with E-state index in [0.717, 1.165) is 0 Å². The molecule has 0 N–H and O–H groups in total. The minimum atomic E-state index is -5.08. The van der Waals surface area contributed by atoms with Crippen molar-refractivity contribution in [3.05, 3.63) is 0 Å². The van der Waals surface area contributed by atoms with E-state index in [9.17, 15) is 0 Å². The minimum absolute atomic E-state index is 0. The summed E-state index contributed by atoms with van der Waals surface area (Å²) in [5, 5.41) is 0. The first kappa shape index (κ1) is 18.4. The van der Waals surface area contributed by atoms with Gasteiger partial charge in [0.15, 0.2) is 0 Å². The number of rotatable bonds is 0. The van der Waals surface area contributed by atoms with Crippen LogP contribution in [0.2, 0.25) is 0 Å². The largest absolute Gasteiger partial charge is 1.00 e. The summed E-state index contributed by atoms with van der Waals surface area (Å²) in [5.74, 6) is 0. The molecule has 0 unspecified atom stereocenters. The van der Waals surface area contributed by atoms with E-state index < -0.39 is 6.97 Å². The molecule has 0 nitrogen and oxygen atoms in total. The summed E-state index contributed by atoms with van der Waals surface area (Å²) in [6, 6.07) is 0. The van der Waals surface area contributed by atoms with Crippen LogP contribution in [0, 0.1) is 0 Å². The Kier molecular flexibility index (Phi) is 7.70. The first-order chi connectivity index (χ1) is 2.45. The summed E-state index contributed by atoms with van der Waals surface area (Å²) >= 11 is 0. The van der Waals surface area contributed by atoms with E-state index in [4.69, 9.17) is 57.2 Å². The van der Waals surface area contributed by atoms with E-state index in [-0.39, 0.29) is 37.7 Å². The van der Waals surface area contributed by atoms with Gasteiger partial charge in [0, 0.05) is 0 Å². The first-order valence-electron chi connectivity index (χ1n) is 0.717. The molecule has 0 heterocycles. The van der Waals surface area contributed by atoms with Crippen LogP contribution in [0.25, 0.3) is 0 Å². The van der Waals surface area contributed by atoms with Crippen LogP contribution < -0.4 is 37.7 Å². The Hall–Kier alpha value is 3.60. The SMILES string of the molecule is [Cl][Pd-2]([Cl])([Cl])([Cl])([Cl])[Cl].[Li+].[Li+]. The molecular formula is Cl6Li2Pd. The number of hydrogen-bond donors (Lipinski definition) is 0. The Labute approximate surface area is 99.9 Å². The topological polar surface area (TPSA) is 0 Å². The molecule has 9 heavy (non-hydrogen) atoms. The van der Waals surface area contributed by atoms with Crippen molar-refractivity contribution < 1.29 is 44.7 Å². The average Bonchev–Trinajstić information content (AvgIpc) is 0.592. The summed E-state index contributed by atoms with van der Waals surface area (Å²) in [4.78, 5) is 0. The molecule has 0 aromatic rings. The summed E-state index contributed by atoms with van der Waals surface area (Å²) in [7, 11) is 30.2. The van der Waals surface area contributed by atoms with Crippen molar-refractivity contribution in [2.45, 2.75) is 0 Å². The van der Waals surface area contributed by atoms with Gasteiger partial charge in [0.1, 0.15) is 0 Å². The third kappa shape index (κ3) is 82.6. The third-order valence-corrected chi connectivity index (χ3v) is 0. The molecule has 54 valence electrons. The van der Waals surface area contributed by atoms with Gasteiger partial charge >= 0.3 is 102 Å². The summed E-state index contributed by atoms with van der Waals surface area (Å²) in [5.41, 5.74) is 0. The van der Waals surface area contributed by atoms with Gasteiger partial charge in [-0.05, 0) is 0 Å². The van der Waals surface area contributed by atoms with Gasteiger partial charge in [-0.2, -0.15) is 0 Å². The van der Waals surface area contributed by atoms with Crippen molar-refractivity contribution in [2.75, 3.05) is 0 Å². The van der Waals surface area contributed by atoms with E-state index in [2.05, 4.69) is 0 Å². The van der Waals surface area contributed by atoms with Gasteiger partial charge < -0.3 is 0 Å². The number of halogens is 6. The maximum Gasteiger partial charge on any atom is 1.00 e. The monoisotopic (exact) mass is 330 g/mol. The van der Waals surface area contributed by atoms with Crippen molar-refractivity contribution in [2.24, 2.45) is 0 Å². The first-order valence-corrected chi connectivity index (χ1v) is 12.7. The molecule has 0 aromatic heterocycles. The summed E-state index contributed by atoms with van der Waals surface area (Å²) in [6.45, 7) is -5.08. The molecule has 0 aliphatic carbocycles. The Morgan fingerprint density at radius 2 is 0.556 bits per heavy atom. The Bertz CT molecular complexity index is 69.6. The molecule has 0 rings (SSSR count). The normalized spacial score (nSPS) is 18.0. The molecule has 0 radical (unpaired) electrons. The van der Waals surface area contributed by atoms with E-state index in [1.54, 1.807) is 0 Å². The standard InChI is InChI=1S/6ClH.2Li.Pd/h6*1H;;;/q;;;;;;2*+1;+4/p-6. The van der Waals surface area contributed by atoms with E-state index >= 15 is 0 Å². The van der Waals surface area contributed by atoms with Gasteiger partial charge in [-0.25, -0.2) is 0 Å². The quantitative estimate of drug-likeness (QED) is 0.457. The molecule has 0 aliphatic heterocycles. The average molecular weight is 333 g/mol. The maximum atomic E-state index is 5.03. The second-order valence-corrected chi connectivity index (χ2v) is 36.1. The van der Waals surface area contributed by atoms with Crippen molar-refractivity contribution in [1.29, 1.82) is 0 Å². The molecule has 0 amide bonds. The fourth-order valence-corrected chi connectivity index (χ4v) is 0. The molecule has 0 saturated carbocycles. The van der Waals surface area contributed by atoms with E-state index in [1.165, 1.54) is 0 Å². The van der Waals surface area contributed by atoms with Gasteiger partial charge in [-0.15, -0.1) is 0 Å². The van der Waals surface area contributed by atoms with Crippen LogP contribution in [0.3, 0.4) is 0 Å². The molecule has 0 atom stereocenters. The van der Waals surface area contributed by atoms with Crippen LogP contribution >= 0.6 is 57.2 Å². The zero-order chi connectivity index (χ0) is 6.41. The molecule has 9 heteroatoms. The van der Waals surface area contributed by atoms with Crippen molar-refractivity contribution in [1.82, 2.24) is 0 Å². The summed E-state index contributed by atoms with van der Waals surface area (Å²) in [6.07, 6.45) is 0. The summed E-state index contributed by atoms with van der Waals surface area (Å²) < 4.78 is 0. The van der Waals surface area contributed by atoms with Crippen LogP contribution in [-0.2, 0) is 6.97 Å². The van der Waals surface area contributed by atoms with Gasteiger partial charge in [-0.1, -0.05) is 0 Å². The van der Waals surface area contributed by atoms with Crippen LogP contribution in [0.4, 0.5) is 0 Å². The second-order valence-electron chi connectivity index (χ2n) is 0.678. The minimum Gasteiger partial charge on any atom is 1.00 e. The van der Waals surface area contributed by atoms with Crippen LogP contribution in [0.1, 0.15) is 0 Å². The molecule has 0 saturated heterocycles. The predicted octanol–water partition coefficient (Wildman–Crippen LogP) is -1.86. The molecule has 0 fully saturated rings. The van der Waals surface area contributed by atoms with Crippen molar-refractivity contribution in [3.8, 4) is 0 Å². The molecule has 0 aromatic carbocycles. The van der Waals surface area contributed by atoms with Gasteiger partial charge in [0.2, 0.25) is 0 Å². The molecule has 0 bridgehead atoms. The predicted molar refractivity (Wildman–Crippen MR) is 35.1 cm³/mol. The van der Waals surface area contributed by atoms with Crippen LogP contribution in [0.5, 0.6) is 0 Å². The fourth-order valence-electron chi connectivity index (χ4n) is 0. The van der Waals surface area contributed by atoms with E-state index in [1.807, 2.05) is 0 Å².